The monoisotopic (exact) mass is 219 g/mol. The number of hydrogen-bond donors (Lipinski definition) is 1. The van der Waals surface area contributed by atoms with Crippen molar-refractivity contribution in [2.75, 3.05) is 0 Å². The molecule has 0 bridgehead atoms. The van der Waals surface area contributed by atoms with Crippen molar-refractivity contribution in [2.45, 2.75) is 6.92 Å². The van der Waals surface area contributed by atoms with Gasteiger partial charge in [0.1, 0.15) is 10.7 Å². The van der Waals surface area contributed by atoms with Gasteiger partial charge in [-0.3, -0.25) is 0 Å². The van der Waals surface area contributed by atoms with Gasteiger partial charge in [-0.1, -0.05) is 12.2 Å². The Morgan fingerprint density at radius 2 is 2.27 bits per heavy atom. The van der Waals surface area contributed by atoms with Crippen molar-refractivity contribution in [3.63, 3.8) is 0 Å². The zero-order valence-corrected chi connectivity index (χ0v) is 8.90. The van der Waals surface area contributed by atoms with Gasteiger partial charge in [-0.25, -0.2) is 14.6 Å². The minimum absolute atomic E-state index is 0.252. The van der Waals surface area contributed by atoms with Crippen molar-refractivity contribution >= 4 is 17.2 Å². The summed E-state index contributed by atoms with van der Waals surface area (Å²) >= 11 is 4.83. The summed E-state index contributed by atoms with van der Waals surface area (Å²) in [5.41, 5.74) is 6.92. The molecule has 6 heteroatoms. The third kappa shape index (κ3) is 1.99. The van der Waals surface area contributed by atoms with E-state index in [0.717, 1.165) is 5.69 Å². The SMILES string of the molecule is Cc1ccn(-c2nccc(C(N)=S)n2)n1. The third-order valence-electron chi connectivity index (χ3n) is 1.82. The Kier molecular flexibility index (Phi) is 2.42. The van der Waals surface area contributed by atoms with Gasteiger partial charge in [0, 0.05) is 12.4 Å². The van der Waals surface area contributed by atoms with Crippen LogP contribution in [0.5, 0.6) is 0 Å². The van der Waals surface area contributed by atoms with Crippen LogP contribution in [-0.2, 0) is 0 Å². The van der Waals surface area contributed by atoms with Crippen LogP contribution in [0.15, 0.2) is 24.5 Å². The predicted octanol–water partition coefficient (Wildman–Crippen LogP) is 0.605. The standard InChI is InChI=1S/C9H9N5S/c1-6-3-5-14(13-6)9-11-4-2-7(12-9)8(10)15/h2-5H,1H3,(H2,10,15). The molecule has 76 valence electrons. The highest BCUT2D eigenvalue weighted by atomic mass is 32.1. The second-order valence-electron chi connectivity index (χ2n) is 3.01. The van der Waals surface area contributed by atoms with Crippen LogP contribution in [0.4, 0.5) is 0 Å². The molecule has 0 saturated carbocycles. The van der Waals surface area contributed by atoms with E-state index in [1.807, 2.05) is 13.0 Å². The van der Waals surface area contributed by atoms with E-state index in [-0.39, 0.29) is 4.99 Å². The first kappa shape index (κ1) is 9.72. The molecule has 2 N–H and O–H groups in total. The van der Waals surface area contributed by atoms with Crippen LogP contribution < -0.4 is 5.73 Å². The molecule has 0 fully saturated rings. The van der Waals surface area contributed by atoms with Crippen LogP contribution in [0.2, 0.25) is 0 Å². The molecule has 0 aromatic carbocycles. The van der Waals surface area contributed by atoms with Gasteiger partial charge in [0.2, 0.25) is 0 Å². The lowest BCUT2D eigenvalue weighted by molar-refractivity contribution is 0.795. The van der Waals surface area contributed by atoms with E-state index in [1.54, 1.807) is 23.1 Å². The first-order valence-corrected chi connectivity index (χ1v) is 4.73. The number of nitrogens with two attached hydrogens (primary N) is 1. The molecule has 0 aliphatic heterocycles. The van der Waals surface area contributed by atoms with E-state index in [1.165, 1.54) is 0 Å². The predicted molar refractivity (Wildman–Crippen MR) is 59.8 cm³/mol. The second-order valence-corrected chi connectivity index (χ2v) is 3.45. The lowest BCUT2D eigenvalue weighted by Crippen LogP contribution is -2.14. The van der Waals surface area contributed by atoms with Crippen LogP contribution in [0.25, 0.3) is 5.95 Å². The van der Waals surface area contributed by atoms with E-state index in [4.69, 9.17) is 18.0 Å². The van der Waals surface area contributed by atoms with Crippen molar-refractivity contribution in [2.24, 2.45) is 5.73 Å². The molecule has 0 aliphatic rings. The van der Waals surface area contributed by atoms with E-state index < -0.39 is 0 Å². The van der Waals surface area contributed by atoms with E-state index in [9.17, 15) is 0 Å². The van der Waals surface area contributed by atoms with E-state index in [0.29, 0.717) is 11.6 Å². The Labute approximate surface area is 92.0 Å². The summed E-state index contributed by atoms with van der Waals surface area (Å²) in [6.45, 7) is 1.90. The van der Waals surface area contributed by atoms with Gasteiger partial charge in [-0.2, -0.15) is 5.10 Å². The summed E-state index contributed by atoms with van der Waals surface area (Å²) < 4.78 is 1.58. The summed E-state index contributed by atoms with van der Waals surface area (Å²) in [7, 11) is 0. The van der Waals surface area contributed by atoms with Gasteiger partial charge in [0.15, 0.2) is 0 Å². The molecule has 0 amide bonds. The van der Waals surface area contributed by atoms with Crippen molar-refractivity contribution in [3.8, 4) is 5.95 Å². The Bertz CT molecular complexity index is 505. The van der Waals surface area contributed by atoms with Crippen LogP contribution in [0, 0.1) is 6.92 Å². The Morgan fingerprint density at radius 1 is 1.47 bits per heavy atom. The molecule has 2 heterocycles. The maximum atomic E-state index is 5.48. The van der Waals surface area contributed by atoms with Crippen molar-refractivity contribution in [1.82, 2.24) is 19.7 Å². The Hall–Kier alpha value is -1.82. The second kappa shape index (κ2) is 3.74. The van der Waals surface area contributed by atoms with Gasteiger partial charge in [-0.05, 0) is 19.1 Å². The van der Waals surface area contributed by atoms with Crippen LogP contribution >= 0.6 is 12.2 Å². The van der Waals surface area contributed by atoms with Gasteiger partial charge in [0.25, 0.3) is 5.95 Å². The summed E-state index contributed by atoms with van der Waals surface area (Å²) in [5, 5.41) is 4.19. The first-order valence-electron chi connectivity index (χ1n) is 4.32. The maximum absolute atomic E-state index is 5.48. The fourth-order valence-electron chi connectivity index (χ4n) is 1.12. The molecule has 0 saturated heterocycles. The normalized spacial score (nSPS) is 10.2. The summed E-state index contributed by atoms with van der Waals surface area (Å²) in [4.78, 5) is 8.51. The molecule has 0 aliphatic carbocycles. The molecule has 2 rings (SSSR count). The number of hydrogen-bond acceptors (Lipinski definition) is 4. The van der Waals surface area contributed by atoms with Crippen molar-refractivity contribution in [1.29, 1.82) is 0 Å². The molecule has 2 aromatic rings. The Balaban J connectivity index is 2.45. The molecule has 2 aromatic heterocycles. The third-order valence-corrected chi connectivity index (χ3v) is 2.03. The summed E-state index contributed by atoms with van der Waals surface area (Å²) in [5.74, 6) is 0.466. The van der Waals surface area contributed by atoms with Gasteiger partial charge < -0.3 is 5.73 Å². The minimum atomic E-state index is 0.252. The zero-order valence-electron chi connectivity index (χ0n) is 8.08. The highest BCUT2D eigenvalue weighted by Crippen LogP contribution is 2.02. The summed E-state index contributed by atoms with van der Waals surface area (Å²) in [6, 6.07) is 3.54. The fraction of sp³-hybridized carbons (Fsp3) is 0.111. The number of aryl methyl sites for hydroxylation is 1. The van der Waals surface area contributed by atoms with Crippen molar-refractivity contribution in [3.05, 3.63) is 35.9 Å². The molecule has 15 heavy (non-hydrogen) atoms. The lowest BCUT2D eigenvalue weighted by Gasteiger charge is -2.01. The highest BCUT2D eigenvalue weighted by Gasteiger charge is 2.04. The molecular weight excluding hydrogens is 210 g/mol. The molecular formula is C9H9N5S. The zero-order chi connectivity index (χ0) is 10.8. The lowest BCUT2D eigenvalue weighted by atomic mass is 10.4. The number of aromatic nitrogens is 4. The molecule has 0 atom stereocenters. The number of nitrogens with zero attached hydrogens (tertiary/aromatic N) is 4. The first-order chi connectivity index (χ1) is 7.16. The fourth-order valence-corrected chi connectivity index (χ4v) is 1.24. The van der Waals surface area contributed by atoms with Crippen molar-refractivity contribution < 1.29 is 0 Å². The smallest absolute Gasteiger partial charge is 0.251 e. The topological polar surface area (TPSA) is 69.6 Å². The quantitative estimate of drug-likeness (QED) is 0.749. The van der Waals surface area contributed by atoms with Gasteiger partial charge >= 0.3 is 0 Å². The molecule has 0 unspecified atom stereocenters. The molecule has 5 nitrogen and oxygen atoms in total. The average Bonchev–Trinajstić information content (AvgIpc) is 2.65. The highest BCUT2D eigenvalue weighted by molar-refractivity contribution is 7.80. The summed E-state index contributed by atoms with van der Waals surface area (Å²) in [6.07, 6.45) is 3.39. The Morgan fingerprint density at radius 3 is 2.87 bits per heavy atom. The van der Waals surface area contributed by atoms with E-state index in [2.05, 4.69) is 15.1 Å². The van der Waals surface area contributed by atoms with Gasteiger partial charge in [0.05, 0.1) is 5.69 Å². The van der Waals surface area contributed by atoms with E-state index >= 15 is 0 Å². The van der Waals surface area contributed by atoms with Gasteiger partial charge in [-0.15, -0.1) is 0 Å². The minimum Gasteiger partial charge on any atom is -0.388 e. The molecule has 0 radical (unpaired) electrons. The maximum Gasteiger partial charge on any atom is 0.251 e. The molecule has 0 spiro atoms. The van der Waals surface area contributed by atoms with Crippen LogP contribution in [0.3, 0.4) is 0 Å². The average molecular weight is 219 g/mol. The largest absolute Gasteiger partial charge is 0.388 e. The number of thiocarbonyl (C=S) groups is 1. The van der Waals surface area contributed by atoms with Crippen LogP contribution in [0.1, 0.15) is 11.4 Å². The van der Waals surface area contributed by atoms with Crippen LogP contribution in [-0.4, -0.2) is 24.7 Å². The number of rotatable bonds is 2.